The first-order chi connectivity index (χ1) is 9.49. The lowest BCUT2D eigenvalue weighted by Gasteiger charge is -2.10. The van der Waals surface area contributed by atoms with Crippen LogP contribution in [-0.4, -0.2) is 37.4 Å². The van der Waals surface area contributed by atoms with E-state index >= 15 is 0 Å². The highest BCUT2D eigenvalue weighted by molar-refractivity contribution is 6.30. The number of benzene rings is 1. The molecular weight excluding hydrogens is 276 g/mol. The highest BCUT2D eigenvalue weighted by atomic mass is 35.5. The van der Waals surface area contributed by atoms with Crippen LogP contribution < -0.4 is 5.32 Å². The second kappa shape index (κ2) is 6.27. The summed E-state index contributed by atoms with van der Waals surface area (Å²) in [7, 11) is 3.42. The predicted octanol–water partition coefficient (Wildman–Crippen LogP) is 2.04. The van der Waals surface area contributed by atoms with Crippen LogP contribution in [0.3, 0.4) is 0 Å². The van der Waals surface area contributed by atoms with Crippen LogP contribution in [0.1, 0.15) is 24.3 Å². The molecule has 1 N–H and O–H groups in total. The minimum atomic E-state index is 0.0166. The van der Waals surface area contributed by atoms with Gasteiger partial charge in [0.05, 0.1) is 0 Å². The van der Waals surface area contributed by atoms with Gasteiger partial charge in [0.15, 0.2) is 0 Å². The molecule has 4 nitrogen and oxygen atoms in total. The molecule has 0 spiro atoms. The van der Waals surface area contributed by atoms with Crippen LogP contribution in [0.5, 0.6) is 0 Å². The van der Waals surface area contributed by atoms with Crippen molar-refractivity contribution in [3.63, 3.8) is 0 Å². The van der Waals surface area contributed by atoms with Gasteiger partial charge in [-0.25, -0.2) is 0 Å². The van der Waals surface area contributed by atoms with Gasteiger partial charge in [-0.1, -0.05) is 23.7 Å². The molecule has 2 atom stereocenters. The van der Waals surface area contributed by atoms with Gasteiger partial charge in [-0.05, 0) is 30.0 Å². The van der Waals surface area contributed by atoms with Crippen molar-refractivity contribution >= 4 is 23.4 Å². The molecule has 0 saturated heterocycles. The summed E-state index contributed by atoms with van der Waals surface area (Å²) in [6.45, 7) is 0.397. The average Bonchev–Trinajstić information content (AvgIpc) is 3.18. The Balaban J connectivity index is 1.77. The lowest BCUT2D eigenvalue weighted by Crippen LogP contribution is -2.31. The summed E-state index contributed by atoms with van der Waals surface area (Å²) in [5, 5.41) is 3.52. The van der Waals surface area contributed by atoms with Gasteiger partial charge >= 0.3 is 0 Å². The van der Waals surface area contributed by atoms with E-state index in [1.807, 2.05) is 24.3 Å². The molecule has 2 rings (SSSR count). The topological polar surface area (TPSA) is 49.4 Å². The molecule has 1 aromatic rings. The molecule has 0 aromatic heterocycles. The molecule has 5 heteroatoms. The van der Waals surface area contributed by atoms with Gasteiger partial charge in [0, 0.05) is 38.0 Å². The molecule has 2 amide bonds. The molecule has 1 saturated carbocycles. The molecule has 0 heterocycles. The number of hydrogen-bond donors (Lipinski definition) is 1. The predicted molar refractivity (Wildman–Crippen MR) is 78.6 cm³/mol. The standard InChI is InChI=1S/C15H19ClN2O2/c1-18(2)14(19)6-7-17-15(20)13-9-12(13)10-4-3-5-11(16)8-10/h3-5,8,12-13H,6-7,9H2,1-2H3,(H,17,20). The zero-order chi connectivity index (χ0) is 14.7. The van der Waals surface area contributed by atoms with E-state index in [9.17, 15) is 9.59 Å². The molecule has 1 aliphatic rings. The smallest absolute Gasteiger partial charge is 0.223 e. The van der Waals surface area contributed by atoms with Crippen molar-refractivity contribution in [2.24, 2.45) is 5.92 Å². The van der Waals surface area contributed by atoms with Crippen molar-refractivity contribution in [3.8, 4) is 0 Å². The van der Waals surface area contributed by atoms with Crippen LogP contribution in [0, 0.1) is 5.92 Å². The van der Waals surface area contributed by atoms with Gasteiger partial charge in [-0.2, -0.15) is 0 Å². The third-order valence-electron chi connectivity index (χ3n) is 3.54. The van der Waals surface area contributed by atoms with E-state index in [-0.39, 0.29) is 23.7 Å². The van der Waals surface area contributed by atoms with Crippen molar-refractivity contribution in [1.29, 1.82) is 0 Å². The normalized spacial score (nSPS) is 20.4. The van der Waals surface area contributed by atoms with Crippen LogP contribution >= 0.6 is 11.6 Å². The summed E-state index contributed by atoms with van der Waals surface area (Å²) in [4.78, 5) is 24.9. The number of amides is 2. The molecule has 1 aromatic carbocycles. The second-order valence-electron chi connectivity index (χ2n) is 5.33. The van der Waals surface area contributed by atoms with Crippen molar-refractivity contribution in [2.45, 2.75) is 18.8 Å². The number of hydrogen-bond acceptors (Lipinski definition) is 2. The van der Waals surface area contributed by atoms with E-state index in [0.29, 0.717) is 18.0 Å². The summed E-state index contributed by atoms with van der Waals surface area (Å²) >= 11 is 5.95. The van der Waals surface area contributed by atoms with Gasteiger partial charge in [0.2, 0.25) is 11.8 Å². The maximum atomic E-state index is 12.0. The molecular formula is C15H19ClN2O2. The third kappa shape index (κ3) is 3.73. The molecule has 1 fully saturated rings. The second-order valence-corrected chi connectivity index (χ2v) is 5.77. The third-order valence-corrected chi connectivity index (χ3v) is 3.78. The largest absolute Gasteiger partial charge is 0.355 e. The SMILES string of the molecule is CN(C)C(=O)CCNC(=O)C1CC1c1cccc(Cl)c1. The monoisotopic (exact) mass is 294 g/mol. The van der Waals surface area contributed by atoms with Crippen LogP contribution in [0.4, 0.5) is 0 Å². The Morgan fingerprint density at radius 2 is 2.15 bits per heavy atom. The van der Waals surface area contributed by atoms with E-state index in [1.165, 1.54) is 4.90 Å². The Hall–Kier alpha value is -1.55. The summed E-state index contributed by atoms with van der Waals surface area (Å²) < 4.78 is 0. The highest BCUT2D eigenvalue weighted by Gasteiger charge is 2.43. The van der Waals surface area contributed by atoms with Crippen LogP contribution in [0.2, 0.25) is 5.02 Å². The Morgan fingerprint density at radius 1 is 1.40 bits per heavy atom. The highest BCUT2D eigenvalue weighted by Crippen LogP contribution is 2.47. The Morgan fingerprint density at radius 3 is 2.80 bits per heavy atom. The summed E-state index contributed by atoms with van der Waals surface area (Å²) in [5.41, 5.74) is 1.11. The molecule has 20 heavy (non-hydrogen) atoms. The number of rotatable bonds is 5. The van der Waals surface area contributed by atoms with E-state index in [0.717, 1.165) is 12.0 Å². The van der Waals surface area contributed by atoms with E-state index < -0.39 is 0 Å². The zero-order valence-electron chi connectivity index (χ0n) is 11.7. The fraction of sp³-hybridized carbons (Fsp3) is 0.467. The van der Waals surface area contributed by atoms with E-state index in [2.05, 4.69) is 5.32 Å². The summed E-state index contributed by atoms with van der Waals surface area (Å²) in [6.07, 6.45) is 1.20. The number of nitrogens with one attached hydrogen (secondary N) is 1. The Kier molecular flexibility index (Phi) is 4.65. The minimum absolute atomic E-state index is 0.0166. The average molecular weight is 295 g/mol. The molecule has 0 radical (unpaired) electrons. The van der Waals surface area contributed by atoms with Gasteiger partial charge in [-0.15, -0.1) is 0 Å². The molecule has 0 aliphatic heterocycles. The van der Waals surface area contributed by atoms with E-state index in [1.54, 1.807) is 14.1 Å². The molecule has 0 bridgehead atoms. The van der Waals surface area contributed by atoms with Crippen molar-refractivity contribution < 1.29 is 9.59 Å². The quantitative estimate of drug-likeness (QED) is 0.903. The van der Waals surface area contributed by atoms with Crippen molar-refractivity contribution in [3.05, 3.63) is 34.9 Å². The minimum Gasteiger partial charge on any atom is -0.355 e. The molecule has 1 aliphatic carbocycles. The van der Waals surface area contributed by atoms with Crippen molar-refractivity contribution in [1.82, 2.24) is 10.2 Å². The Bertz CT molecular complexity index is 516. The first-order valence-electron chi connectivity index (χ1n) is 6.72. The molecule has 108 valence electrons. The maximum absolute atomic E-state index is 12.0. The first kappa shape index (κ1) is 14.9. The first-order valence-corrected chi connectivity index (χ1v) is 7.10. The fourth-order valence-corrected chi connectivity index (χ4v) is 2.44. The number of nitrogens with zero attached hydrogens (tertiary/aromatic N) is 1. The number of carbonyl (C=O) groups is 2. The van der Waals surface area contributed by atoms with Gasteiger partial charge < -0.3 is 10.2 Å². The van der Waals surface area contributed by atoms with E-state index in [4.69, 9.17) is 11.6 Å². The van der Waals surface area contributed by atoms with Gasteiger partial charge in [-0.3, -0.25) is 9.59 Å². The van der Waals surface area contributed by atoms with Crippen LogP contribution in [0.25, 0.3) is 0 Å². The zero-order valence-corrected chi connectivity index (χ0v) is 12.5. The lowest BCUT2D eigenvalue weighted by atomic mass is 10.1. The maximum Gasteiger partial charge on any atom is 0.223 e. The summed E-state index contributed by atoms with van der Waals surface area (Å²) in [6, 6.07) is 7.64. The fourth-order valence-electron chi connectivity index (χ4n) is 2.24. The molecule has 2 unspecified atom stereocenters. The van der Waals surface area contributed by atoms with Crippen molar-refractivity contribution in [2.75, 3.05) is 20.6 Å². The van der Waals surface area contributed by atoms with Crippen LogP contribution in [0.15, 0.2) is 24.3 Å². The van der Waals surface area contributed by atoms with Crippen LogP contribution in [-0.2, 0) is 9.59 Å². The lowest BCUT2D eigenvalue weighted by molar-refractivity contribution is -0.128. The van der Waals surface area contributed by atoms with Gasteiger partial charge in [0.1, 0.15) is 0 Å². The Labute approximate surface area is 124 Å². The number of halogens is 1. The summed E-state index contributed by atoms with van der Waals surface area (Å²) in [5.74, 6) is 0.329. The number of carbonyl (C=O) groups excluding carboxylic acids is 2. The van der Waals surface area contributed by atoms with Gasteiger partial charge in [0.25, 0.3) is 0 Å².